The van der Waals surface area contributed by atoms with Gasteiger partial charge in [-0.1, -0.05) is 114 Å². The Labute approximate surface area is 296 Å². The Hall–Kier alpha value is -4.52. The van der Waals surface area contributed by atoms with Crippen molar-refractivity contribution in [3.8, 4) is 33.4 Å². The molecule has 0 saturated carbocycles. The van der Waals surface area contributed by atoms with Gasteiger partial charge in [0.2, 0.25) is 0 Å². The molecule has 6 aromatic carbocycles. The summed E-state index contributed by atoms with van der Waals surface area (Å²) >= 11 is 7.19. The molecular formula is C42H32Br2N2O2. The smallest absolute Gasteiger partial charge is 0.277 e. The van der Waals surface area contributed by atoms with E-state index in [9.17, 15) is 10.1 Å². The van der Waals surface area contributed by atoms with Crippen LogP contribution in [-0.2, 0) is 10.8 Å². The maximum Gasteiger partial charge on any atom is 0.277 e. The maximum absolute atomic E-state index is 11.4. The molecule has 0 atom stereocenters. The molecule has 2 aliphatic carbocycles. The second-order valence-corrected chi connectivity index (χ2v) is 15.6. The first kappa shape index (κ1) is 30.8. The Morgan fingerprint density at radius 3 is 1.75 bits per heavy atom. The lowest BCUT2D eigenvalue weighted by molar-refractivity contribution is -0.384. The van der Waals surface area contributed by atoms with Crippen molar-refractivity contribution in [3.05, 3.63) is 157 Å². The summed E-state index contributed by atoms with van der Waals surface area (Å²) in [5.74, 6) is 0. The van der Waals surface area contributed by atoms with E-state index in [2.05, 4.69) is 149 Å². The molecule has 0 bridgehead atoms. The summed E-state index contributed by atoms with van der Waals surface area (Å²) in [7, 11) is 0. The first-order chi connectivity index (χ1) is 22.9. The highest BCUT2D eigenvalue weighted by Gasteiger charge is 2.37. The number of hydrogen-bond acceptors (Lipinski definition) is 2. The summed E-state index contributed by atoms with van der Waals surface area (Å²) in [6.45, 7) is 9.08. The van der Waals surface area contributed by atoms with Gasteiger partial charge in [0, 0.05) is 47.6 Å². The van der Waals surface area contributed by atoms with Gasteiger partial charge in [-0.15, -0.1) is 0 Å². The maximum atomic E-state index is 11.4. The minimum absolute atomic E-state index is 0.0385. The average Bonchev–Trinajstić information content (AvgIpc) is 3.62. The van der Waals surface area contributed by atoms with Gasteiger partial charge >= 0.3 is 0 Å². The molecule has 1 heterocycles. The van der Waals surface area contributed by atoms with E-state index in [1.54, 1.807) is 12.1 Å². The highest BCUT2D eigenvalue weighted by atomic mass is 79.9. The van der Waals surface area contributed by atoms with Crippen LogP contribution in [0.5, 0.6) is 0 Å². The van der Waals surface area contributed by atoms with Crippen molar-refractivity contribution in [3.63, 3.8) is 0 Å². The van der Waals surface area contributed by atoms with Crippen LogP contribution < -0.4 is 0 Å². The predicted octanol–water partition coefficient (Wildman–Crippen LogP) is 12.7. The van der Waals surface area contributed by atoms with Crippen LogP contribution in [0.4, 0.5) is 5.69 Å². The van der Waals surface area contributed by atoms with Crippen LogP contribution in [0.1, 0.15) is 49.9 Å². The second-order valence-electron chi connectivity index (χ2n) is 13.8. The Morgan fingerprint density at radius 1 is 0.542 bits per heavy atom. The van der Waals surface area contributed by atoms with Crippen LogP contribution >= 0.6 is 31.9 Å². The molecule has 2 aliphatic rings. The minimum Gasteiger partial charge on any atom is -0.355 e. The van der Waals surface area contributed by atoms with Gasteiger partial charge in [-0.3, -0.25) is 10.1 Å². The quantitative estimate of drug-likeness (QED) is 0.141. The SMILES string of the molecule is CC1(C)c2ccc(Br)cc2-c2cc(-c3ccccc3[N+](=O)[O-])ccc21.CC1(C)c2ccc(Br)cc2-c2cc3c(cc21)[nH]c1ccccc13. The van der Waals surface area contributed by atoms with E-state index in [0.29, 0.717) is 5.56 Å². The van der Waals surface area contributed by atoms with E-state index >= 15 is 0 Å². The number of rotatable bonds is 2. The molecule has 0 fully saturated rings. The van der Waals surface area contributed by atoms with Gasteiger partial charge < -0.3 is 4.98 Å². The molecule has 48 heavy (non-hydrogen) atoms. The molecule has 0 saturated heterocycles. The Morgan fingerprint density at radius 2 is 1.08 bits per heavy atom. The normalized spacial score (nSPS) is 14.5. The van der Waals surface area contributed by atoms with E-state index in [4.69, 9.17) is 0 Å². The van der Waals surface area contributed by atoms with Gasteiger partial charge in [0.05, 0.1) is 10.5 Å². The zero-order valence-corrected chi connectivity index (χ0v) is 30.2. The van der Waals surface area contributed by atoms with Crippen LogP contribution in [0.15, 0.2) is 124 Å². The number of nitro groups is 1. The summed E-state index contributed by atoms with van der Waals surface area (Å²) in [6.07, 6.45) is 0. The van der Waals surface area contributed by atoms with Crippen molar-refractivity contribution in [2.45, 2.75) is 38.5 Å². The third kappa shape index (κ3) is 4.68. The van der Waals surface area contributed by atoms with Crippen molar-refractivity contribution >= 4 is 59.4 Å². The molecule has 1 N–H and O–H groups in total. The Balaban J connectivity index is 0.000000140. The third-order valence-corrected chi connectivity index (χ3v) is 11.3. The number of aromatic amines is 1. The molecule has 9 rings (SSSR count). The molecule has 0 radical (unpaired) electrons. The van der Waals surface area contributed by atoms with Gasteiger partial charge in [0.25, 0.3) is 5.69 Å². The number of nitrogens with one attached hydrogen (secondary N) is 1. The molecule has 7 aromatic rings. The van der Waals surface area contributed by atoms with Crippen molar-refractivity contribution < 1.29 is 4.92 Å². The van der Waals surface area contributed by atoms with Crippen LogP contribution in [0.2, 0.25) is 0 Å². The fourth-order valence-corrected chi connectivity index (χ4v) is 8.58. The standard InChI is InChI=1S/C21H16BrNO2.C21H16BrN/c1-21(2)18-9-7-13(15-5-3-4-6-20(15)23(24)25)11-16(18)17-12-14(22)8-10-19(17)21;1-21(2)17-8-7-12(22)9-14(17)15-10-16-13-5-3-4-6-19(13)23-20(16)11-18(15)21/h3-12H,1-2H3;3-11,23H,1-2H3. The van der Waals surface area contributed by atoms with E-state index in [1.165, 1.54) is 60.8 Å². The van der Waals surface area contributed by atoms with Gasteiger partial charge in [0.1, 0.15) is 0 Å². The molecule has 1 aromatic heterocycles. The first-order valence-corrected chi connectivity index (χ1v) is 17.6. The van der Waals surface area contributed by atoms with Crippen molar-refractivity contribution in [2.75, 3.05) is 0 Å². The Kier molecular flexibility index (Phi) is 7.06. The van der Waals surface area contributed by atoms with E-state index < -0.39 is 0 Å². The highest BCUT2D eigenvalue weighted by Crippen LogP contribution is 2.52. The molecular weight excluding hydrogens is 724 g/mol. The number of benzene rings is 6. The van der Waals surface area contributed by atoms with Gasteiger partial charge in [-0.2, -0.15) is 0 Å². The third-order valence-electron chi connectivity index (χ3n) is 10.3. The highest BCUT2D eigenvalue weighted by molar-refractivity contribution is 9.10. The zero-order chi connectivity index (χ0) is 33.5. The fraction of sp³-hybridized carbons (Fsp3) is 0.143. The molecule has 0 aliphatic heterocycles. The average molecular weight is 757 g/mol. The molecule has 0 amide bonds. The number of nitrogens with zero attached hydrogens (tertiary/aromatic N) is 1. The van der Waals surface area contributed by atoms with E-state index in [0.717, 1.165) is 20.1 Å². The number of H-pyrrole nitrogens is 1. The fourth-order valence-electron chi connectivity index (χ4n) is 7.85. The molecule has 236 valence electrons. The van der Waals surface area contributed by atoms with Crippen molar-refractivity contribution in [1.29, 1.82) is 0 Å². The molecule has 4 nitrogen and oxygen atoms in total. The molecule has 6 heteroatoms. The number of aromatic nitrogens is 1. The van der Waals surface area contributed by atoms with E-state index in [-0.39, 0.29) is 21.4 Å². The number of para-hydroxylation sites is 2. The lowest BCUT2D eigenvalue weighted by Gasteiger charge is -2.21. The van der Waals surface area contributed by atoms with Crippen LogP contribution in [0, 0.1) is 10.1 Å². The van der Waals surface area contributed by atoms with Gasteiger partial charge in [0.15, 0.2) is 0 Å². The number of hydrogen-bond donors (Lipinski definition) is 1. The molecule has 0 spiro atoms. The van der Waals surface area contributed by atoms with Crippen molar-refractivity contribution in [1.82, 2.24) is 4.98 Å². The van der Waals surface area contributed by atoms with Crippen LogP contribution in [0.3, 0.4) is 0 Å². The molecule has 0 unspecified atom stereocenters. The van der Waals surface area contributed by atoms with Crippen LogP contribution in [-0.4, -0.2) is 9.91 Å². The predicted molar refractivity (Wildman–Crippen MR) is 205 cm³/mol. The summed E-state index contributed by atoms with van der Waals surface area (Å²) in [5.41, 5.74) is 14.5. The lowest BCUT2D eigenvalue weighted by atomic mass is 9.82. The minimum atomic E-state index is -0.322. The summed E-state index contributed by atoms with van der Waals surface area (Å²) in [5, 5.41) is 14.0. The number of fused-ring (bicyclic) bond motifs is 9. The first-order valence-electron chi connectivity index (χ1n) is 16.0. The van der Waals surface area contributed by atoms with Gasteiger partial charge in [-0.05, 0) is 105 Å². The topological polar surface area (TPSA) is 58.9 Å². The van der Waals surface area contributed by atoms with E-state index in [1.807, 2.05) is 18.2 Å². The second kappa shape index (κ2) is 11.0. The summed E-state index contributed by atoms with van der Waals surface area (Å²) in [6, 6.07) is 39.3. The van der Waals surface area contributed by atoms with Crippen LogP contribution in [0.25, 0.3) is 55.2 Å². The number of nitro benzene ring substituents is 1. The summed E-state index contributed by atoms with van der Waals surface area (Å²) in [4.78, 5) is 14.6. The Bertz CT molecular complexity index is 2470. The number of halogens is 2. The monoisotopic (exact) mass is 754 g/mol. The summed E-state index contributed by atoms with van der Waals surface area (Å²) < 4.78 is 2.17. The van der Waals surface area contributed by atoms with Crippen molar-refractivity contribution in [2.24, 2.45) is 0 Å². The zero-order valence-electron chi connectivity index (χ0n) is 27.0. The lowest BCUT2D eigenvalue weighted by Crippen LogP contribution is -2.14. The van der Waals surface area contributed by atoms with Gasteiger partial charge in [-0.25, -0.2) is 0 Å². The largest absolute Gasteiger partial charge is 0.355 e.